The average molecular weight is 371 g/mol. The fraction of sp³-hybridized carbons (Fsp3) is 0.765. The maximum atomic E-state index is 12.1. The first-order chi connectivity index (χ1) is 12.1. The minimum Gasteiger partial charge on any atom is -0.466 e. The molecule has 0 aromatic rings. The maximum absolute atomic E-state index is 12.1. The van der Waals surface area contributed by atoms with E-state index < -0.39 is 11.7 Å². The van der Waals surface area contributed by atoms with Crippen molar-refractivity contribution >= 4 is 23.9 Å². The fourth-order valence-electron chi connectivity index (χ4n) is 2.38. The molecule has 0 atom stereocenters. The zero-order chi connectivity index (χ0) is 19.7. The molecular formula is C17H29N3O6. The van der Waals surface area contributed by atoms with Crippen molar-refractivity contribution in [2.24, 2.45) is 0 Å². The molecule has 1 heterocycles. The number of carbonyl (C=O) groups is 4. The van der Waals surface area contributed by atoms with Crippen molar-refractivity contribution in [3.05, 3.63) is 0 Å². The summed E-state index contributed by atoms with van der Waals surface area (Å²) in [5, 5.41) is 2.43. The van der Waals surface area contributed by atoms with E-state index in [-0.39, 0.29) is 37.2 Å². The molecule has 1 fully saturated rings. The third-order valence-electron chi connectivity index (χ3n) is 3.62. The largest absolute Gasteiger partial charge is 0.466 e. The average Bonchev–Trinajstić information content (AvgIpc) is 2.56. The highest BCUT2D eigenvalue weighted by atomic mass is 16.6. The maximum Gasteiger partial charge on any atom is 0.408 e. The number of ether oxygens (including phenoxy) is 2. The number of nitrogens with one attached hydrogen (secondary N) is 1. The standard InChI is InChI=1S/C17H29N3O6/c1-5-25-15(23)7-6-13(21)19-8-10-20(11-9-19)14(22)12-18-16(24)26-17(2,3)4/h5-12H2,1-4H3,(H,18,24). The Morgan fingerprint density at radius 3 is 1.96 bits per heavy atom. The highest BCUT2D eigenvalue weighted by molar-refractivity contribution is 5.83. The van der Waals surface area contributed by atoms with Crippen molar-refractivity contribution in [3.8, 4) is 0 Å². The molecule has 0 aromatic carbocycles. The SMILES string of the molecule is CCOC(=O)CCC(=O)N1CCN(C(=O)CNC(=O)OC(C)(C)C)CC1. The van der Waals surface area contributed by atoms with Crippen LogP contribution >= 0.6 is 0 Å². The molecule has 26 heavy (non-hydrogen) atoms. The van der Waals surface area contributed by atoms with Gasteiger partial charge in [-0.2, -0.15) is 0 Å². The topological polar surface area (TPSA) is 105 Å². The lowest BCUT2D eigenvalue weighted by Crippen LogP contribution is -2.52. The number of hydrogen-bond donors (Lipinski definition) is 1. The van der Waals surface area contributed by atoms with Crippen molar-refractivity contribution in [2.75, 3.05) is 39.3 Å². The van der Waals surface area contributed by atoms with Crippen LogP contribution in [-0.4, -0.2) is 78.6 Å². The summed E-state index contributed by atoms with van der Waals surface area (Å²) in [6, 6.07) is 0. The molecule has 0 aromatic heterocycles. The van der Waals surface area contributed by atoms with Gasteiger partial charge >= 0.3 is 12.1 Å². The van der Waals surface area contributed by atoms with Crippen molar-refractivity contribution < 1.29 is 28.7 Å². The first-order valence-corrected chi connectivity index (χ1v) is 8.80. The summed E-state index contributed by atoms with van der Waals surface area (Å²) in [5.41, 5.74) is -0.622. The molecule has 1 aliphatic heterocycles. The molecule has 1 rings (SSSR count). The number of rotatable bonds is 6. The van der Waals surface area contributed by atoms with Crippen LogP contribution < -0.4 is 5.32 Å². The van der Waals surface area contributed by atoms with Gasteiger partial charge in [0.25, 0.3) is 0 Å². The van der Waals surface area contributed by atoms with Crippen LogP contribution in [0.25, 0.3) is 0 Å². The molecule has 1 saturated heterocycles. The van der Waals surface area contributed by atoms with Gasteiger partial charge < -0.3 is 24.6 Å². The highest BCUT2D eigenvalue weighted by Gasteiger charge is 2.25. The van der Waals surface area contributed by atoms with Crippen LogP contribution in [0.4, 0.5) is 4.79 Å². The predicted octanol–water partition coefficient (Wildman–Crippen LogP) is 0.525. The first kappa shape index (κ1) is 21.7. The summed E-state index contributed by atoms with van der Waals surface area (Å²) in [5.74, 6) is -0.741. The molecule has 3 amide bonds. The number of nitrogens with zero attached hydrogens (tertiary/aromatic N) is 2. The van der Waals surface area contributed by atoms with Gasteiger partial charge in [-0.1, -0.05) is 0 Å². The number of esters is 1. The summed E-state index contributed by atoms with van der Waals surface area (Å²) in [6.45, 7) is 8.68. The van der Waals surface area contributed by atoms with E-state index in [9.17, 15) is 19.2 Å². The molecule has 0 aliphatic carbocycles. The van der Waals surface area contributed by atoms with Crippen LogP contribution in [0.2, 0.25) is 0 Å². The van der Waals surface area contributed by atoms with Gasteiger partial charge in [0.15, 0.2) is 0 Å². The van der Waals surface area contributed by atoms with Gasteiger partial charge in [0, 0.05) is 32.6 Å². The third kappa shape index (κ3) is 8.17. The Bertz CT molecular complexity index is 521. The number of alkyl carbamates (subject to hydrolysis) is 1. The quantitative estimate of drug-likeness (QED) is 0.683. The Kier molecular flexibility index (Phi) is 8.34. The van der Waals surface area contributed by atoms with Gasteiger partial charge in [-0.25, -0.2) is 4.79 Å². The second-order valence-corrected chi connectivity index (χ2v) is 6.92. The Morgan fingerprint density at radius 2 is 1.46 bits per heavy atom. The number of piperazine rings is 1. The van der Waals surface area contributed by atoms with E-state index in [4.69, 9.17) is 9.47 Å². The van der Waals surface area contributed by atoms with Gasteiger partial charge in [-0.3, -0.25) is 14.4 Å². The van der Waals surface area contributed by atoms with Crippen molar-refractivity contribution in [1.29, 1.82) is 0 Å². The van der Waals surface area contributed by atoms with E-state index in [0.29, 0.717) is 32.8 Å². The summed E-state index contributed by atoms with van der Waals surface area (Å²) in [7, 11) is 0. The van der Waals surface area contributed by atoms with Crippen LogP contribution in [0.5, 0.6) is 0 Å². The lowest BCUT2D eigenvalue weighted by molar-refractivity contribution is -0.146. The molecule has 9 heteroatoms. The van der Waals surface area contributed by atoms with E-state index in [1.165, 1.54) is 0 Å². The highest BCUT2D eigenvalue weighted by Crippen LogP contribution is 2.08. The first-order valence-electron chi connectivity index (χ1n) is 8.80. The summed E-state index contributed by atoms with van der Waals surface area (Å²) < 4.78 is 9.87. The Balaban J connectivity index is 2.30. The van der Waals surface area contributed by atoms with E-state index in [2.05, 4.69) is 5.32 Å². The number of amides is 3. The number of hydrogen-bond acceptors (Lipinski definition) is 6. The van der Waals surface area contributed by atoms with E-state index in [0.717, 1.165) is 0 Å². The summed E-state index contributed by atoms with van der Waals surface area (Å²) >= 11 is 0. The third-order valence-corrected chi connectivity index (χ3v) is 3.62. The van der Waals surface area contributed by atoms with Gasteiger partial charge in [-0.05, 0) is 27.7 Å². The second-order valence-electron chi connectivity index (χ2n) is 6.92. The Labute approximate surface area is 154 Å². The lowest BCUT2D eigenvalue weighted by Gasteiger charge is -2.35. The smallest absolute Gasteiger partial charge is 0.408 e. The summed E-state index contributed by atoms with van der Waals surface area (Å²) in [6.07, 6.45) is -0.475. The molecule has 1 aliphatic rings. The van der Waals surface area contributed by atoms with Gasteiger partial charge in [0.2, 0.25) is 11.8 Å². The van der Waals surface area contributed by atoms with Gasteiger partial charge in [0.1, 0.15) is 12.1 Å². The normalized spacial score (nSPS) is 14.6. The van der Waals surface area contributed by atoms with Crippen LogP contribution in [-0.2, 0) is 23.9 Å². The van der Waals surface area contributed by atoms with Crippen LogP contribution in [0.3, 0.4) is 0 Å². The van der Waals surface area contributed by atoms with Crippen molar-refractivity contribution in [3.63, 3.8) is 0 Å². The van der Waals surface area contributed by atoms with Crippen LogP contribution in [0.1, 0.15) is 40.5 Å². The van der Waals surface area contributed by atoms with Crippen molar-refractivity contribution in [2.45, 2.75) is 46.1 Å². The molecule has 0 saturated carbocycles. The second kappa shape index (κ2) is 9.98. The molecule has 148 valence electrons. The van der Waals surface area contributed by atoms with Gasteiger partial charge in [0.05, 0.1) is 13.0 Å². The fourth-order valence-corrected chi connectivity index (χ4v) is 2.38. The zero-order valence-corrected chi connectivity index (χ0v) is 16.0. The molecule has 0 unspecified atom stereocenters. The van der Waals surface area contributed by atoms with Gasteiger partial charge in [-0.15, -0.1) is 0 Å². The number of carbonyl (C=O) groups excluding carboxylic acids is 4. The minimum absolute atomic E-state index is 0.0611. The van der Waals surface area contributed by atoms with Crippen LogP contribution in [0.15, 0.2) is 0 Å². The van der Waals surface area contributed by atoms with Crippen LogP contribution in [0, 0.1) is 0 Å². The van der Waals surface area contributed by atoms with E-state index in [1.807, 2.05) is 0 Å². The summed E-state index contributed by atoms with van der Waals surface area (Å²) in [4.78, 5) is 50.3. The zero-order valence-electron chi connectivity index (χ0n) is 16.0. The molecule has 9 nitrogen and oxygen atoms in total. The Morgan fingerprint density at radius 1 is 0.923 bits per heavy atom. The van der Waals surface area contributed by atoms with E-state index in [1.54, 1.807) is 37.5 Å². The molecule has 0 spiro atoms. The molecule has 0 radical (unpaired) electrons. The van der Waals surface area contributed by atoms with E-state index >= 15 is 0 Å². The van der Waals surface area contributed by atoms with Crippen molar-refractivity contribution in [1.82, 2.24) is 15.1 Å². The molecular weight excluding hydrogens is 342 g/mol. The molecule has 0 bridgehead atoms. The monoisotopic (exact) mass is 371 g/mol. The molecule has 1 N–H and O–H groups in total. The Hall–Kier alpha value is -2.32. The predicted molar refractivity (Wildman–Crippen MR) is 93.3 cm³/mol. The lowest BCUT2D eigenvalue weighted by atomic mass is 10.2. The minimum atomic E-state index is -0.640.